The van der Waals surface area contributed by atoms with Gasteiger partial charge in [0.05, 0.1) is 17.6 Å². The minimum Gasteiger partial charge on any atom is -0.457 e. The third kappa shape index (κ3) is 4.87. The van der Waals surface area contributed by atoms with Crippen LogP contribution in [0.15, 0.2) is 29.3 Å². The van der Waals surface area contributed by atoms with Crippen molar-refractivity contribution in [2.24, 2.45) is 4.99 Å². The smallest absolute Gasteiger partial charge is 0.338 e. The van der Waals surface area contributed by atoms with E-state index in [1.807, 2.05) is 25.8 Å². The molecule has 2 aromatic carbocycles. The Balaban J connectivity index is 2.16. The molecule has 0 fully saturated rings. The summed E-state index contributed by atoms with van der Waals surface area (Å²) < 4.78 is 44.9. The van der Waals surface area contributed by atoms with Gasteiger partial charge in [0.15, 0.2) is 17.5 Å². The average Bonchev–Trinajstić information content (AvgIpc) is 2.65. The molecule has 7 heteroatoms. The Morgan fingerprint density at radius 1 is 1.15 bits per heavy atom. The standard InChI is InChI=1S/C20H21F3N2O2/c1-5-25(4)11-24-17-9-12(2)15(8-13(17)3)20(26)27-10-14-6-7-16(21)19(23)18(14)22/h6-9,11H,5,10H2,1-4H3/b24-11+. The molecule has 4 nitrogen and oxygen atoms in total. The SMILES string of the molecule is CCN(C)/C=N/c1cc(C)c(C(=O)OCc2ccc(F)c(F)c2F)cc1C. The maximum atomic E-state index is 13.7. The molecule has 0 unspecified atom stereocenters. The zero-order valence-corrected chi connectivity index (χ0v) is 15.6. The van der Waals surface area contributed by atoms with Gasteiger partial charge in [-0.15, -0.1) is 0 Å². The summed E-state index contributed by atoms with van der Waals surface area (Å²) in [4.78, 5) is 18.6. The van der Waals surface area contributed by atoms with E-state index in [1.54, 1.807) is 25.4 Å². The summed E-state index contributed by atoms with van der Waals surface area (Å²) in [7, 11) is 1.90. The highest BCUT2D eigenvalue weighted by Crippen LogP contribution is 2.24. The second-order valence-electron chi connectivity index (χ2n) is 6.18. The number of benzene rings is 2. The van der Waals surface area contributed by atoms with Gasteiger partial charge in [0.25, 0.3) is 0 Å². The molecule has 2 rings (SSSR count). The monoisotopic (exact) mass is 378 g/mol. The minimum atomic E-state index is -1.59. The van der Waals surface area contributed by atoms with Crippen molar-refractivity contribution < 1.29 is 22.7 Å². The zero-order valence-electron chi connectivity index (χ0n) is 15.6. The summed E-state index contributed by atoms with van der Waals surface area (Å²) >= 11 is 0. The van der Waals surface area contributed by atoms with Crippen molar-refractivity contribution in [1.82, 2.24) is 4.90 Å². The fraction of sp³-hybridized carbons (Fsp3) is 0.300. The number of carbonyl (C=O) groups is 1. The molecule has 27 heavy (non-hydrogen) atoms. The Morgan fingerprint density at radius 2 is 1.85 bits per heavy atom. The molecule has 0 aromatic heterocycles. The van der Waals surface area contributed by atoms with Crippen molar-refractivity contribution in [3.63, 3.8) is 0 Å². The first-order valence-electron chi connectivity index (χ1n) is 8.39. The van der Waals surface area contributed by atoms with Gasteiger partial charge in [-0.05, 0) is 56.2 Å². The Morgan fingerprint density at radius 3 is 2.52 bits per heavy atom. The minimum absolute atomic E-state index is 0.236. The lowest BCUT2D eigenvalue weighted by atomic mass is 10.0. The number of hydrogen-bond donors (Lipinski definition) is 0. The first-order chi connectivity index (χ1) is 12.7. The van der Waals surface area contributed by atoms with Crippen LogP contribution in [0.25, 0.3) is 0 Å². The highest BCUT2D eigenvalue weighted by Gasteiger charge is 2.17. The lowest BCUT2D eigenvalue weighted by Gasteiger charge is -2.12. The lowest BCUT2D eigenvalue weighted by Crippen LogP contribution is -2.14. The van der Waals surface area contributed by atoms with Crippen LogP contribution >= 0.6 is 0 Å². The molecule has 0 bridgehead atoms. The Labute approximate surface area is 156 Å². The first kappa shape index (κ1) is 20.5. The molecule has 0 aliphatic heterocycles. The van der Waals surface area contributed by atoms with Crippen LogP contribution in [-0.4, -0.2) is 30.8 Å². The van der Waals surface area contributed by atoms with Crippen LogP contribution in [0.1, 0.15) is 34.0 Å². The summed E-state index contributed by atoms with van der Waals surface area (Å²) in [5.41, 5.74) is 2.20. The molecule has 0 aliphatic rings. The van der Waals surface area contributed by atoms with Crippen molar-refractivity contribution in [1.29, 1.82) is 0 Å². The van der Waals surface area contributed by atoms with E-state index in [0.717, 1.165) is 29.9 Å². The quantitative estimate of drug-likeness (QED) is 0.317. The van der Waals surface area contributed by atoms with Gasteiger partial charge >= 0.3 is 5.97 Å². The second-order valence-corrected chi connectivity index (χ2v) is 6.18. The highest BCUT2D eigenvalue weighted by molar-refractivity contribution is 5.92. The van der Waals surface area contributed by atoms with E-state index >= 15 is 0 Å². The molecule has 0 saturated carbocycles. The molecule has 0 aliphatic carbocycles. The van der Waals surface area contributed by atoms with E-state index in [1.165, 1.54) is 0 Å². The van der Waals surface area contributed by atoms with Gasteiger partial charge in [0.1, 0.15) is 6.61 Å². The fourth-order valence-electron chi connectivity index (χ4n) is 2.30. The number of carbonyl (C=O) groups excluding carboxylic acids is 1. The van der Waals surface area contributed by atoms with E-state index in [-0.39, 0.29) is 5.56 Å². The zero-order chi connectivity index (χ0) is 20.1. The third-order valence-corrected chi connectivity index (χ3v) is 4.13. The van der Waals surface area contributed by atoms with Crippen molar-refractivity contribution in [3.05, 3.63) is 64.0 Å². The predicted molar refractivity (Wildman–Crippen MR) is 97.8 cm³/mol. The van der Waals surface area contributed by atoms with Crippen LogP contribution in [0, 0.1) is 31.3 Å². The molecule has 0 atom stereocenters. The van der Waals surface area contributed by atoms with Crippen LogP contribution in [0.4, 0.5) is 18.9 Å². The fourth-order valence-corrected chi connectivity index (χ4v) is 2.30. The molecular formula is C20H21F3N2O2. The van der Waals surface area contributed by atoms with Crippen molar-refractivity contribution in [3.8, 4) is 0 Å². The Bertz CT molecular complexity index is 882. The summed E-state index contributed by atoms with van der Waals surface area (Å²) in [6.07, 6.45) is 1.70. The lowest BCUT2D eigenvalue weighted by molar-refractivity contribution is 0.0467. The van der Waals surface area contributed by atoms with Gasteiger partial charge in [-0.25, -0.2) is 23.0 Å². The summed E-state index contributed by atoms with van der Waals surface area (Å²) in [5, 5.41) is 0. The third-order valence-electron chi connectivity index (χ3n) is 4.13. The molecule has 0 heterocycles. The van der Waals surface area contributed by atoms with Crippen LogP contribution < -0.4 is 0 Å². The van der Waals surface area contributed by atoms with Gasteiger partial charge in [0, 0.05) is 19.2 Å². The highest BCUT2D eigenvalue weighted by atomic mass is 19.2. The van der Waals surface area contributed by atoms with Gasteiger partial charge in [-0.2, -0.15) is 0 Å². The molecule has 0 amide bonds. The van der Waals surface area contributed by atoms with Gasteiger partial charge in [-0.3, -0.25) is 0 Å². The number of halogens is 3. The van der Waals surface area contributed by atoms with E-state index in [2.05, 4.69) is 4.99 Å². The molecule has 2 aromatic rings. The Hall–Kier alpha value is -2.83. The Kier molecular flexibility index (Phi) is 6.60. The van der Waals surface area contributed by atoms with Gasteiger partial charge in [-0.1, -0.05) is 0 Å². The second kappa shape index (κ2) is 8.70. The molecule has 0 N–H and O–H groups in total. The van der Waals surface area contributed by atoms with Crippen LogP contribution in [0.2, 0.25) is 0 Å². The maximum absolute atomic E-state index is 13.7. The number of hydrogen-bond acceptors (Lipinski definition) is 3. The number of rotatable bonds is 6. The molecule has 144 valence electrons. The number of aryl methyl sites for hydroxylation is 2. The molecule has 0 saturated heterocycles. The van der Waals surface area contributed by atoms with Crippen molar-refractivity contribution in [2.75, 3.05) is 13.6 Å². The number of aliphatic imine (C=N–C) groups is 1. The van der Waals surface area contributed by atoms with Crippen molar-refractivity contribution in [2.45, 2.75) is 27.4 Å². The van der Waals surface area contributed by atoms with Gasteiger partial charge in [0.2, 0.25) is 0 Å². The summed E-state index contributed by atoms with van der Waals surface area (Å²) in [6, 6.07) is 5.22. The average molecular weight is 378 g/mol. The topological polar surface area (TPSA) is 41.9 Å². The van der Waals surface area contributed by atoms with Crippen LogP contribution in [-0.2, 0) is 11.3 Å². The number of nitrogens with zero attached hydrogens (tertiary/aromatic N) is 2. The first-order valence-corrected chi connectivity index (χ1v) is 8.39. The summed E-state index contributed by atoms with van der Waals surface area (Å²) in [6.45, 7) is 5.85. The summed E-state index contributed by atoms with van der Waals surface area (Å²) in [5.74, 6) is -4.92. The number of ether oxygens (including phenoxy) is 1. The van der Waals surface area contributed by atoms with Crippen LogP contribution in [0.5, 0.6) is 0 Å². The normalized spacial score (nSPS) is 11.1. The van der Waals surface area contributed by atoms with E-state index in [9.17, 15) is 18.0 Å². The van der Waals surface area contributed by atoms with E-state index < -0.39 is 30.0 Å². The van der Waals surface area contributed by atoms with E-state index in [0.29, 0.717) is 11.1 Å². The molecular weight excluding hydrogens is 357 g/mol. The number of esters is 1. The van der Waals surface area contributed by atoms with E-state index in [4.69, 9.17) is 4.74 Å². The largest absolute Gasteiger partial charge is 0.457 e. The maximum Gasteiger partial charge on any atom is 0.338 e. The molecule has 0 radical (unpaired) electrons. The van der Waals surface area contributed by atoms with Crippen LogP contribution in [0.3, 0.4) is 0 Å². The van der Waals surface area contributed by atoms with Gasteiger partial charge < -0.3 is 9.64 Å². The predicted octanol–water partition coefficient (Wildman–Crippen LogP) is 4.69. The molecule has 0 spiro atoms. The van der Waals surface area contributed by atoms with Crippen molar-refractivity contribution >= 4 is 18.0 Å².